The molecule has 0 aliphatic carbocycles. The summed E-state index contributed by atoms with van der Waals surface area (Å²) in [6.07, 6.45) is 1.92. The molecule has 0 aliphatic rings. The lowest BCUT2D eigenvalue weighted by Crippen LogP contribution is -2.00. The lowest BCUT2D eigenvalue weighted by atomic mass is 10.1. The number of hydrogen-bond donors (Lipinski definition) is 1. The molecule has 2 rings (SSSR count). The van der Waals surface area contributed by atoms with Crippen molar-refractivity contribution in [3.8, 4) is 0 Å². The Kier molecular flexibility index (Phi) is 2.76. The van der Waals surface area contributed by atoms with Gasteiger partial charge in [-0.15, -0.1) is 0 Å². The number of carboxylic acids is 1. The van der Waals surface area contributed by atoms with Crippen LogP contribution in [0.3, 0.4) is 0 Å². The zero-order chi connectivity index (χ0) is 11.9. The third kappa shape index (κ3) is 1.73. The standard InChI is InChI=1S/C12H12BrNO2/c1-7(2)14-4-3-9-10(12(15)16)5-8(13)6-11(9)14/h3-7H,1-2H3,(H,15,16). The Labute approximate surface area is 102 Å². The highest BCUT2D eigenvalue weighted by Crippen LogP contribution is 2.27. The molecular formula is C12H12BrNO2. The van der Waals surface area contributed by atoms with Gasteiger partial charge >= 0.3 is 5.97 Å². The SMILES string of the molecule is CC(C)n1ccc2c(C(=O)O)cc(Br)cc21. The predicted molar refractivity (Wildman–Crippen MR) is 67.0 cm³/mol. The van der Waals surface area contributed by atoms with E-state index in [1.807, 2.05) is 18.3 Å². The fraction of sp³-hybridized carbons (Fsp3) is 0.250. The number of aromatic nitrogens is 1. The average Bonchev–Trinajstić information content (AvgIpc) is 2.59. The topological polar surface area (TPSA) is 42.2 Å². The quantitative estimate of drug-likeness (QED) is 0.912. The lowest BCUT2D eigenvalue weighted by molar-refractivity contribution is 0.0699. The van der Waals surface area contributed by atoms with Gasteiger partial charge in [0.2, 0.25) is 0 Å². The van der Waals surface area contributed by atoms with Crippen molar-refractivity contribution in [3.05, 3.63) is 34.4 Å². The Morgan fingerprint density at radius 3 is 2.69 bits per heavy atom. The van der Waals surface area contributed by atoms with Crippen molar-refractivity contribution in [2.45, 2.75) is 19.9 Å². The van der Waals surface area contributed by atoms with Gasteiger partial charge in [0.05, 0.1) is 11.1 Å². The Morgan fingerprint density at radius 1 is 1.44 bits per heavy atom. The zero-order valence-electron chi connectivity index (χ0n) is 9.07. The van der Waals surface area contributed by atoms with Gasteiger partial charge in [0, 0.05) is 22.1 Å². The number of carbonyl (C=O) groups is 1. The molecule has 1 aromatic carbocycles. The molecule has 0 aliphatic heterocycles. The van der Waals surface area contributed by atoms with Crippen molar-refractivity contribution in [2.24, 2.45) is 0 Å². The summed E-state index contributed by atoms with van der Waals surface area (Å²) in [4.78, 5) is 11.1. The Bertz CT molecular complexity index is 557. The first-order valence-corrected chi connectivity index (χ1v) is 5.83. The molecule has 0 amide bonds. The minimum absolute atomic E-state index is 0.313. The molecule has 0 fully saturated rings. The maximum Gasteiger partial charge on any atom is 0.336 e. The van der Waals surface area contributed by atoms with E-state index in [1.54, 1.807) is 6.07 Å². The van der Waals surface area contributed by atoms with Gasteiger partial charge in [0.25, 0.3) is 0 Å². The summed E-state index contributed by atoms with van der Waals surface area (Å²) >= 11 is 3.34. The number of rotatable bonds is 2. The van der Waals surface area contributed by atoms with Gasteiger partial charge in [-0.25, -0.2) is 4.79 Å². The maximum atomic E-state index is 11.1. The normalized spacial score (nSPS) is 11.2. The molecule has 0 saturated carbocycles. The van der Waals surface area contributed by atoms with Crippen LogP contribution in [0.2, 0.25) is 0 Å². The van der Waals surface area contributed by atoms with E-state index in [4.69, 9.17) is 5.11 Å². The van der Waals surface area contributed by atoms with Crippen LogP contribution in [-0.2, 0) is 0 Å². The molecule has 0 saturated heterocycles. The van der Waals surface area contributed by atoms with E-state index in [1.165, 1.54) is 0 Å². The molecule has 84 valence electrons. The third-order valence-corrected chi connectivity index (χ3v) is 3.05. The highest BCUT2D eigenvalue weighted by atomic mass is 79.9. The fourth-order valence-corrected chi connectivity index (χ4v) is 2.30. The summed E-state index contributed by atoms with van der Waals surface area (Å²) in [7, 11) is 0. The lowest BCUT2D eigenvalue weighted by Gasteiger charge is -2.10. The van der Waals surface area contributed by atoms with Gasteiger partial charge in [0.15, 0.2) is 0 Å². The van der Waals surface area contributed by atoms with Crippen LogP contribution >= 0.6 is 15.9 Å². The Morgan fingerprint density at radius 2 is 2.12 bits per heavy atom. The largest absolute Gasteiger partial charge is 0.478 e. The number of halogens is 1. The van der Waals surface area contributed by atoms with Crippen LogP contribution < -0.4 is 0 Å². The van der Waals surface area contributed by atoms with E-state index < -0.39 is 5.97 Å². The Hall–Kier alpha value is -1.29. The van der Waals surface area contributed by atoms with Gasteiger partial charge in [-0.2, -0.15) is 0 Å². The van der Waals surface area contributed by atoms with Crippen molar-refractivity contribution >= 4 is 32.8 Å². The number of nitrogens with zero attached hydrogens (tertiary/aromatic N) is 1. The van der Waals surface area contributed by atoms with Crippen LogP contribution in [0, 0.1) is 0 Å². The van der Waals surface area contributed by atoms with Crippen LogP contribution in [0.1, 0.15) is 30.2 Å². The molecule has 0 atom stereocenters. The number of benzene rings is 1. The minimum atomic E-state index is -0.896. The molecule has 1 N–H and O–H groups in total. The molecule has 0 bridgehead atoms. The molecule has 16 heavy (non-hydrogen) atoms. The highest BCUT2D eigenvalue weighted by molar-refractivity contribution is 9.10. The third-order valence-electron chi connectivity index (χ3n) is 2.59. The summed E-state index contributed by atoms with van der Waals surface area (Å²) in [5.41, 5.74) is 1.28. The van der Waals surface area contributed by atoms with Gasteiger partial charge < -0.3 is 9.67 Å². The van der Waals surface area contributed by atoms with Gasteiger partial charge in [-0.05, 0) is 32.0 Å². The molecule has 1 heterocycles. The summed E-state index contributed by atoms with van der Waals surface area (Å²) in [5.74, 6) is -0.896. The van der Waals surface area contributed by atoms with Crippen LogP contribution in [0.4, 0.5) is 0 Å². The number of fused-ring (bicyclic) bond motifs is 1. The van der Waals surface area contributed by atoms with Crippen molar-refractivity contribution in [2.75, 3.05) is 0 Å². The molecule has 4 heteroatoms. The first-order valence-electron chi connectivity index (χ1n) is 5.04. The van der Waals surface area contributed by atoms with Crippen molar-refractivity contribution < 1.29 is 9.90 Å². The van der Waals surface area contributed by atoms with Gasteiger partial charge in [0.1, 0.15) is 0 Å². The van der Waals surface area contributed by atoms with E-state index >= 15 is 0 Å². The molecule has 1 aromatic heterocycles. The highest BCUT2D eigenvalue weighted by Gasteiger charge is 2.13. The van der Waals surface area contributed by atoms with E-state index in [9.17, 15) is 4.79 Å². The molecule has 0 unspecified atom stereocenters. The number of hydrogen-bond acceptors (Lipinski definition) is 1. The summed E-state index contributed by atoms with van der Waals surface area (Å²) in [6.45, 7) is 4.14. The smallest absolute Gasteiger partial charge is 0.336 e. The van der Waals surface area contributed by atoms with E-state index in [0.29, 0.717) is 11.6 Å². The van der Waals surface area contributed by atoms with Crippen molar-refractivity contribution in [1.29, 1.82) is 0 Å². The van der Waals surface area contributed by atoms with Gasteiger partial charge in [-0.3, -0.25) is 0 Å². The first kappa shape index (κ1) is 11.2. The summed E-state index contributed by atoms with van der Waals surface area (Å²) in [5, 5.41) is 9.91. The number of carboxylic acid groups (broad SMARTS) is 1. The van der Waals surface area contributed by atoms with Crippen molar-refractivity contribution in [3.63, 3.8) is 0 Å². The maximum absolute atomic E-state index is 11.1. The summed E-state index contributed by atoms with van der Waals surface area (Å²) < 4.78 is 2.85. The fourth-order valence-electron chi connectivity index (χ4n) is 1.85. The summed E-state index contributed by atoms with van der Waals surface area (Å²) in [6, 6.07) is 5.75. The van der Waals surface area contributed by atoms with E-state index in [0.717, 1.165) is 15.4 Å². The van der Waals surface area contributed by atoms with Crippen LogP contribution in [-0.4, -0.2) is 15.6 Å². The predicted octanol–water partition coefficient (Wildman–Crippen LogP) is 3.68. The van der Waals surface area contributed by atoms with Gasteiger partial charge in [-0.1, -0.05) is 15.9 Å². The average molecular weight is 282 g/mol. The molecule has 0 spiro atoms. The first-order chi connectivity index (χ1) is 7.50. The minimum Gasteiger partial charge on any atom is -0.478 e. The molecule has 2 aromatic rings. The monoisotopic (exact) mass is 281 g/mol. The second-order valence-electron chi connectivity index (χ2n) is 4.01. The number of aromatic carboxylic acids is 1. The van der Waals surface area contributed by atoms with Crippen LogP contribution in [0.15, 0.2) is 28.9 Å². The van der Waals surface area contributed by atoms with Crippen LogP contribution in [0.25, 0.3) is 10.9 Å². The second-order valence-corrected chi connectivity index (χ2v) is 4.92. The zero-order valence-corrected chi connectivity index (χ0v) is 10.7. The van der Waals surface area contributed by atoms with E-state index in [2.05, 4.69) is 34.3 Å². The second kappa shape index (κ2) is 3.94. The molecular weight excluding hydrogens is 270 g/mol. The molecule has 3 nitrogen and oxygen atoms in total. The van der Waals surface area contributed by atoms with Crippen LogP contribution in [0.5, 0.6) is 0 Å². The Balaban J connectivity index is 2.81. The molecule has 0 radical (unpaired) electrons. The van der Waals surface area contributed by atoms with Crippen molar-refractivity contribution in [1.82, 2.24) is 4.57 Å². The van der Waals surface area contributed by atoms with E-state index in [-0.39, 0.29) is 0 Å².